The third kappa shape index (κ3) is 2.79. The molecule has 1 aromatic carbocycles. The smallest absolute Gasteiger partial charge is 0.260 e. The number of anilines is 1. The molecule has 108 valence electrons. The van der Waals surface area contributed by atoms with Crippen molar-refractivity contribution >= 4 is 11.5 Å². The Morgan fingerprint density at radius 2 is 2.19 bits per heavy atom. The van der Waals surface area contributed by atoms with Gasteiger partial charge in [-0.05, 0) is 13.0 Å². The number of rotatable bonds is 5. The maximum absolute atomic E-state index is 13.6. The molecule has 0 fully saturated rings. The highest BCUT2D eigenvalue weighted by molar-refractivity contribution is 5.53. The Morgan fingerprint density at radius 1 is 1.33 bits per heavy atom. The number of ether oxygens (including phenoxy) is 1. The Balaban J connectivity index is 1.89. The lowest BCUT2D eigenvalue weighted by atomic mass is 10.2. The molecule has 0 radical (unpaired) electrons. The van der Waals surface area contributed by atoms with Gasteiger partial charge in [0.25, 0.3) is 5.88 Å². The molecule has 1 N–H and O–H groups in total. The van der Waals surface area contributed by atoms with Crippen LogP contribution in [0.3, 0.4) is 0 Å². The van der Waals surface area contributed by atoms with E-state index in [0.717, 1.165) is 6.54 Å². The summed E-state index contributed by atoms with van der Waals surface area (Å²) in [6.45, 7) is 2.84. The second kappa shape index (κ2) is 5.78. The number of hydrogen-bond donors (Lipinski definition) is 1. The van der Waals surface area contributed by atoms with Gasteiger partial charge in [-0.1, -0.05) is 18.2 Å². The standard InChI is InChI=1S/C15H15FN4O/c1-2-17-13-9-20-8-7-18-14(20)15(19-13)21-10-11-5-3-4-6-12(11)16/h3-9,17H,2,10H2,1H3. The topological polar surface area (TPSA) is 51.5 Å². The molecule has 21 heavy (non-hydrogen) atoms. The highest BCUT2D eigenvalue weighted by atomic mass is 19.1. The molecule has 2 heterocycles. The van der Waals surface area contributed by atoms with Crippen LogP contribution in [0.25, 0.3) is 5.65 Å². The summed E-state index contributed by atoms with van der Waals surface area (Å²) >= 11 is 0. The summed E-state index contributed by atoms with van der Waals surface area (Å²) < 4.78 is 21.1. The predicted octanol–water partition coefficient (Wildman–Crippen LogP) is 2.88. The van der Waals surface area contributed by atoms with Crippen LogP contribution in [0.4, 0.5) is 10.2 Å². The molecule has 0 atom stereocenters. The minimum Gasteiger partial charge on any atom is -0.470 e. The first-order valence-corrected chi connectivity index (χ1v) is 6.71. The molecule has 6 heteroatoms. The first-order valence-electron chi connectivity index (χ1n) is 6.71. The molecule has 0 aliphatic rings. The fraction of sp³-hybridized carbons (Fsp3) is 0.200. The Kier molecular flexibility index (Phi) is 3.68. The van der Waals surface area contributed by atoms with Gasteiger partial charge in [0.05, 0.1) is 6.20 Å². The fourth-order valence-corrected chi connectivity index (χ4v) is 2.03. The van der Waals surface area contributed by atoms with Gasteiger partial charge in [0, 0.05) is 24.5 Å². The molecule has 0 aliphatic heterocycles. The number of benzene rings is 1. The molecule has 0 unspecified atom stereocenters. The minimum atomic E-state index is -0.292. The van der Waals surface area contributed by atoms with E-state index in [4.69, 9.17) is 4.74 Å². The highest BCUT2D eigenvalue weighted by Crippen LogP contribution is 2.20. The zero-order valence-electron chi connectivity index (χ0n) is 11.6. The van der Waals surface area contributed by atoms with Crippen LogP contribution < -0.4 is 10.1 Å². The second-order valence-electron chi connectivity index (χ2n) is 4.50. The maximum Gasteiger partial charge on any atom is 0.260 e. The zero-order valence-corrected chi connectivity index (χ0v) is 11.6. The van der Waals surface area contributed by atoms with Crippen molar-refractivity contribution in [3.8, 4) is 5.88 Å². The third-order valence-electron chi connectivity index (χ3n) is 3.02. The van der Waals surface area contributed by atoms with Crippen molar-refractivity contribution in [3.05, 3.63) is 54.2 Å². The first kappa shape index (κ1) is 13.4. The molecule has 3 rings (SSSR count). The number of aromatic nitrogens is 3. The van der Waals surface area contributed by atoms with Crippen LogP contribution in [0.15, 0.2) is 42.9 Å². The van der Waals surface area contributed by atoms with Crippen molar-refractivity contribution in [2.75, 3.05) is 11.9 Å². The Hall–Kier alpha value is -2.63. The Bertz CT molecular complexity index is 756. The summed E-state index contributed by atoms with van der Waals surface area (Å²) in [6.07, 6.45) is 5.32. The second-order valence-corrected chi connectivity index (χ2v) is 4.50. The normalized spacial score (nSPS) is 10.8. The van der Waals surface area contributed by atoms with E-state index >= 15 is 0 Å². The van der Waals surface area contributed by atoms with Crippen LogP contribution in [-0.4, -0.2) is 20.9 Å². The summed E-state index contributed by atoms with van der Waals surface area (Å²) in [5.41, 5.74) is 1.09. The van der Waals surface area contributed by atoms with Crippen LogP contribution in [0.2, 0.25) is 0 Å². The molecular formula is C15H15FN4O. The maximum atomic E-state index is 13.6. The van der Waals surface area contributed by atoms with E-state index in [1.165, 1.54) is 6.07 Å². The summed E-state index contributed by atoms with van der Waals surface area (Å²) in [7, 11) is 0. The average molecular weight is 286 g/mol. The van der Waals surface area contributed by atoms with Gasteiger partial charge < -0.3 is 10.1 Å². The van der Waals surface area contributed by atoms with Crippen molar-refractivity contribution in [2.24, 2.45) is 0 Å². The average Bonchev–Trinajstić information content (AvgIpc) is 2.95. The van der Waals surface area contributed by atoms with Crippen molar-refractivity contribution in [2.45, 2.75) is 13.5 Å². The lowest BCUT2D eigenvalue weighted by Crippen LogP contribution is -2.06. The van der Waals surface area contributed by atoms with E-state index in [0.29, 0.717) is 22.9 Å². The van der Waals surface area contributed by atoms with E-state index in [1.807, 2.05) is 23.7 Å². The van der Waals surface area contributed by atoms with Gasteiger partial charge in [0.1, 0.15) is 18.2 Å². The van der Waals surface area contributed by atoms with Crippen molar-refractivity contribution in [1.82, 2.24) is 14.4 Å². The van der Waals surface area contributed by atoms with Gasteiger partial charge in [-0.3, -0.25) is 4.40 Å². The van der Waals surface area contributed by atoms with Crippen LogP contribution in [0.5, 0.6) is 5.88 Å². The number of hydrogen-bond acceptors (Lipinski definition) is 4. The molecular weight excluding hydrogens is 271 g/mol. The molecule has 2 aromatic heterocycles. The van der Waals surface area contributed by atoms with E-state index in [1.54, 1.807) is 24.4 Å². The van der Waals surface area contributed by atoms with Crippen molar-refractivity contribution < 1.29 is 9.13 Å². The minimum absolute atomic E-state index is 0.109. The number of nitrogens with one attached hydrogen (secondary N) is 1. The van der Waals surface area contributed by atoms with Gasteiger partial charge >= 0.3 is 0 Å². The Labute approximate surface area is 121 Å². The van der Waals surface area contributed by atoms with Gasteiger partial charge in [0.2, 0.25) is 5.65 Å². The van der Waals surface area contributed by atoms with Crippen LogP contribution in [-0.2, 0) is 6.61 Å². The number of halogens is 1. The first-order chi connectivity index (χ1) is 10.3. The predicted molar refractivity (Wildman–Crippen MR) is 77.9 cm³/mol. The summed E-state index contributed by atoms with van der Waals surface area (Å²) in [6, 6.07) is 6.52. The van der Waals surface area contributed by atoms with E-state index in [-0.39, 0.29) is 12.4 Å². The molecule has 0 saturated heterocycles. The van der Waals surface area contributed by atoms with Crippen molar-refractivity contribution in [3.63, 3.8) is 0 Å². The summed E-state index contributed by atoms with van der Waals surface area (Å²) in [4.78, 5) is 8.58. The molecule has 0 saturated carbocycles. The van der Waals surface area contributed by atoms with Gasteiger partial charge in [-0.15, -0.1) is 0 Å². The molecule has 3 aromatic rings. The van der Waals surface area contributed by atoms with Crippen LogP contribution >= 0.6 is 0 Å². The molecule has 5 nitrogen and oxygen atoms in total. The van der Waals surface area contributed by atoms with E-state index in [2.05, 4.69) is 15.3 Å². The van der Waals surface area contributed by atoms with Gasteiger partial charge in [-0.2, -0.15) is 4.98 Å². The lowest BCUT2D eigenvalue weighted by Gasteiger charge is -2.10. The van der Waals surface area contributed by atoms with Gasteiger partial charge in [-0.25, -0.2) is 9.37 Å². The largest absolute Gasteiger partial charge is 0.470 e. The molecule has 0 spiro atoms. The summed E-state index contributed by atoms with van der Waals surface area (Å²) in [5.74, 6) is 0.771. The molecule has 0 bridgehead atoms. The van der Waals surface area contributed by atoms with Crippen LogP contribution in [0.1, 0.15) is 12.5 Å². The van der Waals surface area contributed by atoms with Crippen molar-refractivity contribution in [1.29, 1.82) is 0 Å². The lowest BCUT2D eigenvalue weighted by molar-refractivity contribution is 0.290. The Morgan fingerprint density at radius 3 is 3.00 bits per heavy atom. The highest BCUT2D eigenvalue weighted by Gasteiger charge is 2.10. The molecule has 0 aliphatic carbocycles. The molecule has 0 amide bonds. The monoisotopic (exact) mass is 286 g/mol. The van der Waals surface area contributed by atoms with E-state index < -0.39 is 0 Å². The van der Waals surface area contributed by atoms with Crippen LogP contribution in [0, 0.1) is 5.82 Å². The zero-order chi connectivity index (χ0) is 14.7. The van der Waals surface area contributed by atoms with Gasteiger partial charge in [0.15, 0.2) is 0 Å². The quantitative estimate of drug-likeness (QED) is 0.783. The van der Waals surface area contributed by atoms with E-state index in [9.17, 15) is 4.39 Å². The SMILES string of the molecule is CCNc1cn2ccnc2c(OCc2ccccc2F)n1. The number of imidazole rings is 1. The third-order valence-corrected chi connectivity index (χ3v) is 3.02. The fourth-order valence-electron chi connectivity index (χ4n) is 2.03. The number of fused-ring (bicyclic) bond motifs is 1. The summed E-state index contributed by atoms with van der Waals surface area (Å²) in [5, 5.41) is 3.13. The number of nitrogens with zero attached hydrogens (tertiary/aromatic N) is 3.